The fourth-order valence-electron chi connectivity index (χ4n) is 2.36. The van der Waals surface area contributed by atoms with E-state index in [4.69, 9.17) is 9.47 Å². The van der Waals surface area contributed by atoms with Gasteiger partial charge in [0, 0.05) is 11.5 Å². The van der Waals surface area contributed by atoms with Crippen LogP contribution in [0.2, 0.25) is 0 Å². The summed E-state index contributed by atoms with van der Waals surface area (Å²) in [6.07, 6.45) is 1.11. The monoisotopic (exact) mass is 321 g/mol. The molecule has 0 bridgehead atoms. The molecule has 1 heterocycles. The van der Waals surface area contributed by atoms with E-state index < -0.39 is 0 Å². The van der Waals surface area contributed by atoms with E-state index in [1.54, 1.807) is 0 Å². The molecule has 0 saturated heterocycles. The van der Waals surface area contributed by atoms with Crippen LogP contribution in [-0.4, -0.2) is 11.6 Å². The maximum Gasteiger partial charge on any atom is 0.130 e. The van der Waals surface area contributed by atoms with Crippen molar-refractivity contribution in [3.05, 3.63) is 66.4 Å². The SMILES string of the molecule is CCC(C)COc1cccc(OCc2ccc3ccccc3n2)c1. The number of para-hydroxylation sites is 1. The number of rotatable bonds is 7. The topological polar surface area (TPSA) is 31.4 Å². The minimum atomic E-state index is 0.444. The van der Waals surface area contributed by atoms with Crippen molar-refractivity contribution in [2.24, 2.45) is 5.92 Å². The maximum atomic E-state index is 5.87. The zero-order chi connectivity index (χ0) is 16.8. The van der Waals surface area contributed by atoms with E-state index in [2.05, 4.69) is 31.0 Å². The Morgan fingerprint density at radius 3 is 2.54 bits per heavy atom. The van der Waals surface area contributed by atoms with E-state index in [0.717, 1.165) is 41.1 Å². The predicted octanol–water partition coefficient (Wildman–Crippen LogP) is 5.24. The lowest BCUT2D eigenvalue weighted by atomic mass is 10.1. The van der Waals surface area contributed by atoms with Crippen molar-refractivity contribution in [3.63, 3.8) is 0 Å². The average molecular weight is 321 g/mol. The molecule has 1 atom stereocenters. The van der Waals surface area contributed by atoms with Gasteiger partial charge in [0.05, 0.1) is 17.8 Å². The molecule has 0 spiro atoms. The van der Waals surface area contributed by atoms with Crippen LogP contribution in [-0.2, 0) is 6.61 Å². The van der Waals surface area contributed by atoms with Crippen LogP contribution in [0.1, 0.15) is 26.0 Å². The number of pyridine rings is 1. The highest BCUT2D eigenvalue weighted by Gasteiger charge is 2.03. The molecule has 0 fully saturated rings. The van der Waals surface area contributed by atoms with E-state index >= 15 is 0 Å². The molecular formula is C21H23NO2. The van der Waals surface area contributed by atoms with E-state index in [9.17, 15) is 0 Å². The first-order valence-corrected chi connectivity index (χ1v) is 8.45. The highest BCUT2D eigenvalue weighted by atomic mass is 16.5. The van der Waals surface area contributed by atoms with Crippen molar-refractivity contribution in [3.8, 4) is 11.5 Å². The van der Waals surface area contributed by atoms with Crippen molar-refractivity contribution in [2.75, 3.05) is 6.61 Å². The number of nitrogens with zero attached hydrogens (tertiary/aromatic N) is 1. The van der Waals surface area contributed by atoms with Crippen LogP contribution in [0.25, 0.3) is 10.9 Å². The Hall–Kier alpha value is -2.55. The Morgan fingerprint density at radius 1 is 0.917 bits per heavy atom. The normalized spacial score (nSPS) is 12.1. The second kappa shape index (κ2) is 7.82. The van der Waals surface area contributed by atoms with Crippen LogP contribution in [0.3, 0.4) is 0 Å². The number of fused-ring (bicyclic) bond motifs is 1. The summed E-state index contributed by atoms with van der Waals surface area (Å²) in [5, 5.41) is 1.14. The molecule has 0 amide bonds. The molecule has 0 aliphatic carbocycles. The molecular weight excluding hydrogens is 298 g/mol. The van der Waals surface area contributed by atoms with Gasteiger partial charge in [0.1, 0.15) is 18.1 Å². The summed E-state index contributed by atoms with van der Waals surface area (Å²) in [4.78, 5) is 4.63. The summed E-state index contributed by atoms with van der Waals surface area (Å²) in [5.74, 6) is 2.20. The van der Waals surface area contributed by atoms with Gasteiger partial charge in [0.15, 0.2) is 0 Å². The van der Waals surface area contributed by atoms with Crippen molar-refractivity contribution < 1.29 is 9.47 Å². The van der Waals surface area contributed by atoms with Crippen LogP contribution in [0.5, 0.6) is 11.5 Å². The third-order valence-electron chi connectivity index (χ3n) is 4.08. The predicted molar refractivity (Wildman–Crippen MR) is 97.5 cm³/mol. The van der Waals surface area contributed by atoms with Gasteiger partial charge in [-0.05, 0) is 30.2 Å². The first-order chi connectivity index (χ1) is 11.7. The fraction of sp³-hybridized carbons (Fsp3) is 0.286. The summed E-state index contributed by atoms with van der Waals surface area (Å²) < 4.78 is 11.7. The van der Waals surface area contributed by atoms with E-state index in [0.29, 0.717) is 12.5 Å². The fourth-order valence-corrected chi connectivity index (χ4v) is 2.36. The van der Waals surface area contributed by atoms with Crippen molar-refractivity contribution in [2.45, 2.75) is 26.9 Å². The number of benzene rings is 2. The molecule has 3 nitrogen and oxygen atoms in total. The molecule has 3 rings (SSSR count). The summed E-state index contributed by atoms with van der Waals surface area (Å²) in [7, 11) is 0. The van der Waals surface area contributed by atoms with Gasteiger partial charge in [-0.15, -0.1) is 0 Å². The Morgan fingerprint density at radius 2 is 1.71 bits per heavy atom. The molecule has 124 valence electrons. The van der Waals surface area contributed by atoms with Crippen molar-refractivity contribution in [1.82, 2.24) is 4.98 Å². The second-order valence-electron chi connectivity index (χ2n) is 6.08. The lowest BCUT2D eigenvalue weighted by Crippen LogP contribution is -2.07. The Bertz CT molecular complexity index is 800. The minimum absolute atomic E-state index is 0.444. The van der Waals surface area contributed by atoms with Gasteiger partial charge in [-0.2, -0.15) is 0 Å². The number of aromatic nitrogens is 1. The maximum absolute atomic E-state index is 5.87. The van der Waals surface area contributed by atoms with Gasteiger partial charge in [-0.25, -0.2) is 4.98 Å². The smallest absolute Gasteiger partial charge is 0.130 e. The third-order valence-corrected chi connectivity index (χ3v) is 4.08. The zero-order valence-corrected chi connectivity index (χ0v) is 14.2. The summed E-state index contributed by atoms with van der Waals surface area (Å²) >= 11 is 0. The van der Waals surface area contributed by atoms with E-state index in [1.807, 2.05) is 48.5 Å². The molecule has 3 aromatic rings. The van der Waals surface area contributed by atoms with Crippen molar-refractivity contribution in [1.29, 1.82) is 0 Å². The zero-order valence-electron chi connectivity index (χ0n) is 14.2. The number of hydrogen-bond donors (Lipinski definition) is 0. The van der Waals surface area contributed by atoms with Crippen LogP contribution in [0.4, 0.5) is 0 Å². The molecule has 24 heavy (non-hydrogen) atoms. The molecule has 1 unspecified atom stereocenters. The highest BCUT2D eigenvalue weighted by Crippen LogP contribution is 2.21. The molecule has 0 N–H and O–H groups in total. The second-order valence-corrected chi connectivity index (χ2v) is 6.08. The largest absolute Gasteiger partial charge is 0.493 e. The molecule has 3 heteroatoms. The lowest BCUT2D eigenvalue weighted by Gasteiger charge is -2.12. The van der Waals surface area contributed by atoms with Gasteiger partial charge < -0.3 is 9.47 Å². The number of ether oxygens (including phenoxy) is 2. The minimum Gasteiger partial charge on any atom is -0.493 e. The Balaban J connectivity index is 1.63. The van der Waals surface area contributed by atoms with Gasteiger partial charge in [0.25, 0.3) is 0 Å². The summed E-state index contributed by atoms with van der Waals surface area (Å²) in [6.45, 7) is 5.53. The van der Waals surface area contributed by atoms with Crippen LogP contribution in [0, 0.1) is 5.92 Å². The van der Waals surface area contributed by atoms with Gasteiger partial charge in [-0.3, -0.25) is 0 Å². The average Bonchev–Trinajstić information content (AvgIpc) is 2.64. The van der Waals surface area contributed by atoms with Crippen LogP contribution < -0.4 is 9.47 Å². The van der Waals surface area contributed by atoms with E-state index in [-0.39, 0.29) is 0 Å². The van der Waals surface area contributed by atoms with Crippen LogP contribution in [0.15, 0.2) is 60.7 Å². The Kier molecular flexibility index (Phi) is 5.32. The number of hydrogen-bond acceptors (Lipinski definition) is 3. The Labute approximate surface area is 143 Å². The first kappa shape index (κ1) is 16.3. The molecule has 0 saturated carbocycles. The quantitative estimate of drug-likeness (QED) is 0.596. The molecule has 0 aliphatic rings. The highest BCUT2D eigenvalue weighted by molar-refractivity contribution is 5.78. The van der Waals surface area contributed by atoms with Gasteiger partial charge >= 0.3 is 0 Å². The molecule has 2 aromatic carbocycles. The third kappa shape index (κ3) is 4.25. The molecule has 0 aliphatic heterocycles. The van der Waals surface area contributed by atoms with Gasteiger partial charge in [0.2, 0.25) is 0 Å². The molecule has 1 aromatic heterocycles. The standard InChI is InChI=1S/C21H23NO2/c1-3-16(2)14-23-19-8-6-9-20(13-19)24-15-18-12-11-17-7-4-5-10-21(17)22-18/h4-13,16H,3,14-15H2,1-2H3. The first-order valence-electron chi connectivity index (χ1n) is 8.45. The van der Waals surface area contributed by atoms with Gasteiger partial charge in [-0.1, -0.05) is 50.6 Å². The van der Waals surface area contributed by atoms with Crippen LogP contribution >= 0.6 is 0 Å². The van der Waals surface area contributed by atoms with E-state index in [1.165, 1.54) is 0 Å². The summed E-state index contributed by atoms with van der Waals surface area (Å²) in [5.41, 5.74) is 1.91. The summed E-state index contributed by atoms with van der Waals surface area (Å²) in [6, 6.07) is 20.0. The lowest BCUT2D eigenvalue weighted by molar-refractivity contribution is 0.253. The molecule has 0 radical (unpaired) electrons. The van der Waals surface area contributed by atoms with Crippen molar-refractivity contribution >= 4 is 10.9 Å².